The average molecular weight is 374 g/mol. The lowest BCUT2D eigenvalue weighted by Crippen LogP contribution is -2.28. The number of nitrogens with one attached hydrogen (secondary N) is 1. The lowest BCUT2D eigenvalue weighted by molar-refractivity contribution is -0.119. The molecule has 1 N–H and O–H groups in total. The summed E-state index contributed by atoms with van der Waals surface area (Å²) in [6.07, 6.45) is 7.98. The van der Waals surface area contributed by atoms with Crippen molar-refractivity contribution in [3.63, 3.8) is 0 Å². The van der Waals surface area contributed by atoms with E-state index in [1.807, 2.05) is 37.3 Å². The molecule has 0 fully saturated rings. The lowest BCUT2D eigenvalue weighted by atomic mass is 10.0. The van der Waals surface area contributed by atoms with Crippen LogP contribution in [-0.2, 0) is 11.2 Å². The SMILES string of the molecule is CC(=O)N[C@@H](C)/C=C/c1cnc(Oc2ccc(CC(C)C)cc2Cl)nc1. The molecule has 0 aliphatic heterocycles. The molecule has 1 atom stereocenters. The van der Waals surface area contributed by atoms with Crippen molar-refractivity contribution in [1.82, 2.24) is 15.3 Å². The summed E-state index contributed by atoms with van der Waals surface area (Å²) in [5.41, 5.74) is 1.99. The Balaban J connectivity index is 2.01. The van der Waals surface area contributed by atoms with Crippen LogP contribution in [0, 0.1) is 5.92 Å². The first-order valence-electron chi connectivity index (χ1n) is 8.57. The van der Waals surface area contributed by atoms with E-state index in [4.69, 9.17) is 16.3 Å². The van der Waals surface area contributed by atoms with Crippen molar-refractivity contribution < 1.29 is 9.53 Å². The number of halogens is 1. The van der Waals surface area contributed by atoms with Crippen LogP contribution in [0.3, 0.4) is 0 Å². The Labute approximate surface area is 159 Å². The Kier molecular flexibility index (Phi) is 7.16. The molecule has 138 valence electrons. The first-order chi connectivity index (χ1) is 12.3. The fraction of sp³-hybridized carbons (Fsp3) is 0.350. The first kappa shape index (κ1) is 19.9. The van der Waals surface area contributed by atoms with Crippen LogP contribution < -0.4 is 10.1 Å². The monoisotopic (exact) mass is 373 g/mol. The third-order valence-corrected chi connectivity index (χ3v) is 3.79. The third kappa shape index (κ3) is 6.48. The highest BCUT2D eigenvalue weighted by molar-refractivity contribution is 6.32. The Morgan fingerprint density at radius 1 is 1.27 bits per heavy atom. The Morgan fingerprint density at radius 2 is 1.96 bits per heavy atom. The quantitative estimate of drug-likeness (QED) is 0.766. The maximum absolute atomic E-state index is 11.0. The van der Waals surface area contributed by atoms with Crippen molar-refractivity contribution in [2.45, 2.75) is 40.2 Å². The van der Waals surface area contributed by atoms with Gasteiger partial charge < -0.3 is 10.1 Å². The predicted octanol–water partition coefficient (Wildman–Crippen LogP) is 4.66. The zero-order chi connectivity index (χ0) is 19.1. The van der Waals surface area contributed by atoms with Gasteiger partial charge in [0.05, 0.1) is 5.02 Å². The van der Waals surface area contributed by atoms with E-state index in [0.29, 0.717) is 16.7 Å². The number of carbonyl (C=O) groups is 1. The van der Waals surface area contributed by atoms with Gasteiger partial charge in [-0.15, -0.1) is 0 Å². The molecular weight excluding hydrogens is 350 g/mol. The topological polar surface area (TPSA) is 64.1 Å². The highest BCUT2D eigenvalue weighted by atomic mass is 35.5. The molecule has 1 amide bonds. The van der Waals surface area contributed by atoms with Crippen LogP contribution in [0.15, 0.2) is 36.7 Å². The molecular formula is C20H24ClN3O2. The molecule has 26 heavy (non-hydrogen) atoms. The van der Waals surface area contributed by atoms with Gasteiger partial charge in [0.25, 0.3) is 0 Å². The third-order valence-electron chi connectivity index (χ3n) is 3.50. The normalized spacial score (nSPS) is 12.4. The smallest absolute Gasteiger partial charge is 0.321 e. The van der Waals surface area contributed by atoms with Crippen LogP contribution in [0.4, 0.5) is 0 Å². The van der Waals surface area contributed by atoms with Crippen LogP contribution >= 0.6 is 11.6 Å². The summed E-state index contributed by atoms with van der Waals surface area (Å²) in [5, 5.41) is 3.32. The van der Waals surface area contributed by atoms with E-state index >= 15 is 0 Å². The molecule has 0 unspecified atom stereocenters. The number of rotatable bonds is 7. The summed E-state index contributed by atoms with van der Waals surface area (Å²) in [5.74, 6) is 1.02. The second-order valence-electron chi connectivity index (χ2n) is 6.61. The second kappa shape index (κ2) is 9.34. The minimum atomic E-state index is -0.0709. The van der Waals surface area contributed by atoms with Crippen molar-refractivity contribution in [3.05, 3.63) is 52.8 Å². The number of benzene rings is 1. The molecule has 1 aromatic carbocycles. The van der Waals surface area contributed by atoms with Crippen LogP contribution in [0.25, 0.3) is 6.08 Å². The fourth-order valence-electron chi connectivity index (χ4n) is 2.41. The van der Waals surface area contributed by atoms with Gasteiger partial charge >= 0.3 is 6.01 Å². The van der Waals surface area contributed by atoms with Gasteiger partial charge in [-0.3, -0.25) is 4.79 Å². The molecule has 2 rings (SSSR count). The predicted molar refractivity (Wildman–Crippen MR) is 104 cm³/mol. The van der Waals surface area contributed by atoms with Gasteiger partial charge in [0, 0.05) is 30.9 Å². The van der Waals surface area contributed by atoms with Crippen LogP contribution in [0.1, 0.15) is 38.8 Å². The molecule has 0 saturated heterocycles. The Morgan fingerprint density at radius 3 is 2.54 bits per heavy atom. The lowest BCUT2D eigenvalue weighted by Gasteiger charge is -2.09. The van der Waals surface area contributed by atoms with Gasteiger partial charge in [-0.25, -0.2) is 9.97 Å². The molecule has 0 spiro atoms. The summed E-state index contributed by atoms with van der Waals surface area (Å²) in [6, 6.07) is 5.92. The minimum absolute atomic E-state index is 0.0633. The van der Waals surface area contributed by atoms with Gasteiger partial charge in [-0.1, -0.05) is 43.7 Å². The Bertz CT molecular complexity index is 773. The Hall–Kier alpha value is -2.40. The van der Waals surface area contributed by atoms with E-state index in [9.17, 15) is 4.79 Å². The summed E-state index contributed by atoms with van der Waals surface area (Å²) in [7, 11) is 0. The summed E-state index contributed by atoms with van der Waals surface area (Å²) < 4.78 is 5.67. The highest BCUT2D eigenvalue weighted by Gasteiger charge is 2.07. The number of carbonyl (C=O) groups excluding carboxylic acids is 1. The number of hydrogen-bond donors (Lipinski definition) is 1. The van der Waals surface area contributed by atoms with Crippen molar-refractivity contribution >= 4 is 23.6 Å². The van der Waals surface area contributed by atoms with Gasteiger partial charge in [0.1, 0.15) is 5.75 Å². The van der Waals surface area contributed by atoms with Crippen molar-refractivity contribution in [1.29, 1.82) is 0 Å². The van der Waals surface area contributed by atoms with E-state index in [1.54, 1.807) is 12.4 Å². The number of aromatic nitrogens is 2. The van der Waals surface area contributed by atoms with Crippen LogP contribution in [0.5, 0.6) is 11.8 Å². The number of amides is 1. The standard InChI is InChI=1S/C20H24ClN3O2/c1-13(2)9-16-7-8-19(18(21)10-16)26-20-22-11-17(12-23-20)6-5-14(3)24-15(4)25/h5-8,10-14H,9H2,1-4H3,(H,24,25)/b6-5+/t14-/m0/s1. The average Bonchev–Trinajstić information content (AvgIpc) is 2.55. The largest absolute Gasteiger partial charge is 0.423 e. The molecule has 0 saturated carbocycles. The van der Waals surface area contributed by atoms with E-state index < -0.39 is 0 Å². The molecule has 6 heteroatoms. The molecule has 0 aliphatic carbocycles. The van der Waals surface area contributed by atoms with Gasteiger partial charge in [-0.05, 0) is 37.0 Å². The van der Waals surface area contributed by atoms with Crippen molar-refractivity contribution in [3.8, 4) is 11.8 Å². The molecule has 1 aromatic heterocycles. The number of nitrogens with zero attached hydrogens (tertiary/aromatic N) is 2. The maximum Gasteiger partial charge on any atom is 0.321 e. The zero-order valence-corrected chi connectivity index (χ0v) is 16.2. The summed E-state index contributed by atoms with van der Waals surface area (Å²) in [4.78, 5) is 19.4. The number of hydrogen-bond acceptors (Lipinski definition) is 4. The molecule has 2 aromatic rings. The van der Waals surface area contributed by atoms with Crippen molar-refractivity contribution in [2.24, 2.45) is 5.92 Å². The zero-order valence-electron chi connectivity index (χ0n) is 15.5. The second-order valence-corrected chi connectivity index (χ2v) is 7.02. The summed E-state index contributed by atoms with van der Waals surface area (Å²) >= 11 is 6.29. The molecule has 0 aliphatic rings. The molecule has 0 bridgehead atoms. The van der Waals surface area contributed by atoms with E-state index in [1.165, 1.54) is 12.5 Å². The molecule has 0 radical (unpaired) electrons. The van der Waals surface area contributed by atoms with Gasteiger partial charge in [-0.2, -0.15) is 0 Å². The number of ether oxygens (including phenoxy) is 1. The maximum atomic E-state index is 11.0. The molecule has 5 nitrogen and oxygen atoms in total. The van der Waals surface area contributed by atoms with Gasteiger partial charge in [0.2, 0.25) is 5.91 Å². The van der Waals surface area contributed by atoms with Crippen LogP contribution in [-0.4, -0.2) is 21.9 Å². The first-order valence-corrected chi connectivity index (χ1v) is 8.95. The highest BCUT2D eigenvalue weighted by Crippen LogP contribution is 2.29. The summed E-state index contributed by atoms with van der Waals surface area (Å²) in [6.45, 7) is 7.71. The molecule has 1 heterocycles. The van der Waals surface area contributed by atoms with E-state index in [0.717, 1.165) is 12.0 Å². The van der Waals surface area contributed by atoms with Crippen LogP contribution in [0.2, 0.25) is 5.02 Å². The van der Waals surface area contributed by atoms with Gasteiger partial charge in [0.15, 0.2) is 0 Å². The van der Waals surface area contributed by atoms with E-state index in [-0.39, 0.29) is 18.0 Å². The fourth-order valence-corrected chi connectivity index (χ4v) is 2.65. The van der Waals surface area contributed by atoms with E-state index in [2.05, 4.69) is 29.1 Å². The van der Waals surface area contributed by atoms with Crippen molar-refractivity contribution in [2.75, 3.05) is 0 Å². The minimum Gasteiger partial charge on any atom is -0.423 e.